The van der Waals surface area contributed by atoms with Gasteiger partial charge in [0.1, 0.15) is 22.3 Å². The zero-order chi connectivity index (χ0) is 49.4. The second-order valence-corrected chi connectivity index (χ2v) is 19.1. The fraction of sp³-hybridized carbons (Fsp3) is 0. The molecule has 0 spiro atoms. The summed E-state index contributed by atoms with van der Waals surface area (Å²) in [6, 6.07) is 89.3. The highest BCUT2D eigenvalue weighted by atomic mass is 16.3. The Kier molecular flexibility index (Phi) is 9.78. The third kappa shape index (κ3) is 7.22. The maximum atomic E-state index is 6.85. The Morgan fingerprint density at radius 1 is 0.267 bits per heavy atom. The molecule has 0 aliphatic heterocycles. The van der Waals surface area contributed by atoms with Crippen LogP contribution in [0.1, 0.15) is 0 Å². The Balaban J connectivity index is 0.798. The van der Waals surface area contributed by atoms with Gasteiger partial charge in [-0.2, -0.15) is 0 Å². The molecule has 0 bridgehead atoms. The van der Waals surface area contributed by atoms with E-state index < -0.39 is 0 Å². The molecule has 0 unspecified atom stereocenters. The van der Waals surface area contributed by atoms with Crippen molar-refractivity contribution in [1.82, 2.24) is 19.5 Å². The first-order chi connectivity index (χ1) is 37.1. The zero-order valence-corrected chi connectivity index (χ0v) is 40.4. The third-order valence-corrected chi connectivity index (χ3v) is 14.7. The smallest absolute Gasteiger partial charge is 0.164 e. The molecule has 0 amide bonds. The van der Waals surface area contributed by atoms with Crippen molar-refractivity contribution in [3.63, 3.8) is 0 Å². The molecule has 0 aliphatic carbocycles. The highest BCUT2D eigenvalue weighted by molar-refractivity contribution is 6.17. The summed E-state index contributed by atoms with van der Waals surface area (Å²) >= 11 is 0. The molecule has 0 radical (unpaired) electrons. The number of hydrogen-bond acceptors (Lipinski definition) is 5. The van der Waals surface area contributed by atoms with E-state index in [1.54, 1.807) is 0 Å². The molecule has 350 valence electrons. The Bertz CT molecular complexity index is 4650. The van der Waals surface area contributed by atoms with Crippen LogP contribution in [0.5, 0.6) is 0 Å². The molecule has 0 saturated carbocycles. The van der Waals surface area contributed by atoms with Crippen LogP contribution in [0.25, 0.3) is 150 Å². The average Bonchev–Trinajstić information content (AvgIpc) is 4.21. The van der Waals surface area contributed by atoms with E-state index in [4.69, 9.17) is 23.8 Å². The lowest BCUT2D eigenvalue weighted by atomic mass is 9.92. The van der Waals surface area contributed by atoms with E-state index in [1.165, 1.54) is 21.9 Å². The average molecular weight is 959 g/mol. The van der Waals surface area contributed by atoms with Crippen molar-refractivity contribution < 1.29 is 8.83 Å². The quantitative estimate of drug-likeness (QED) is 0.152. The van der Waals surface area contributed by atoms with Gasteiger partial charge in [-0.15, -0.1) is 0 Å². The van der Waals surface area contributed by atoms with Crippen molar-refractivity contribution >= 4 is 65.7 Å². The number of para-hydroxylation sites is 2. The van der Waals surface area contributed by atoms with Crippen LogP contribution in [0.4, 0.5) is 0 Å². The Morgan fingerprint density at radius 3 is 1.55 bits per heavy atom. The van der Waals surface area contributed by atoms with E-state index in [0.717, 1.165) is 111 Å². The molecule has 15 rings (SSSR count). The summed E-state index contributed by atoms with van der Waals surface area (Å²) in [6.45, 7) is 0. The van der Waals surface area contributed by atoms with Crippen LogP contribution in [0.2, 0.25) is 0 Å². The maximum Gasteiger partial charge on any atom is 0.164 e. The molecule has 0 aliphatic rings. The molecule has 6 heteroatoms. The summed E-state index contributed by atoms with van der Waals surface area (Å²) in [4.78, 5) is 15.0. The molecule has 4 aromatic heterocycles. The summed E-state index contributed by atoms with van der Waals surface area (Å²) in [5.74, 6) is 1.86. The molecule has 0 saturated heterocycles. The fourth-order valence-corrected chi connectivity index (χ4v) is 11.1. The van der Waals surface area contributed by atoms with E-state index >= 15 is 0 Å². The van der Waals surface area contributed by atoms with Crippen molar-refractivity contribution in [2.75, 3.05) is 0 Å². The second kappa shape index (κ2) is 17.3. The number of benzene rings is 11. The van der Waals surface area contributed by atoms with Gasteiger partial charge in [-0.05, 0) is 106 Å². The predicted molar refractivity (Wildman–Crippen MR) is 307 cm³/mol. The standard InChI is InChI=1S/C69H42N4O2/c1-4-16-43(17-5-1)47-30-36-61-58(40-47)55-26-10-12-28-60(55)73(61)52-32-33-56-59-41-48(31-37-63(59)74-64(56)42-52)46-22-14-24-50(38-46)54-35-34-53(65-57-27-11-13-29-62(57)75-66(54)65)49-23-15-25-51(39-49)69-71-67(44-18-6-2-7-19-44)70-68(72-69)45-20-8-3-9-21-45/h1-42H. The number of aromatic nitrogens is 4. The largest absolute Gasteiger partial charge is 0.456 e. The van der Waals surface area contributed by atoms with Crippen molar-refractivity contribution in [1.29, 1.82) is 0 Å². The normalized spacial score (nSPS) is 11.7. The topological polar surface area (TPSA) is 69.9 Å². The van der Waals surface area contributed by atoms with Crippen molar-refractivity contribution in [2.24, 2.45) is 0 Å². The molecule has 0 atom stereocenters. The summed E-state index contributed by atoms with van der Waals surface area (Å²) in [6.07, 6.45) is 0. The van der Waals surface area contributed by atoms with Crippen LogP contribution in [0, 0.1) is 0 Å². The van der Waals surface area contributed by atoms with Gasteiger partial charge in [-0.1, -0.05) is 182 Å². The number of fused-ring (bicyclic) bond motifs is 9. The van der Waals surface area contributed by atoms with Gasteiger partial charge < -0.3 is 13.4 Å². The summed E-state index contributed by atoms with van der Waals surface area (Å²) in [5.41, 5.74) is 18.3. The van der Waals surface area contributed by atoms with Gasteiger partial charge in [0.05, 0.1) is 11.0 Å². The molecule has 11 aromatic carbocycles. The van der Waals surface area contributed by atoms with Gasteiger partial charge in [0.2, 0.25) is 0 Å². The first-order valence-corrected chi connectivity index (χ1v) is 25.2. The monoisotopic (exact) mass is 958 g/mol. The number of furan rings is 2. The lowest BCUT2D eigenvalue weighted by molar-refractivity contribution is 0.668. The Labute approximate surface area is 431 Å². The Morgan fingerprint density at radius 2 is 0.787 bits per heavy atom. The van der Waals surface area contributed by atoms with E-state index in [0.29, 0.717) is 17.5 Å². The SMILES string of the molecule is c1ccc(-c2ccc3c(c2)c2ccccc2n3-c2ccc3c(c2)oc2ccc(-c4cccc(-c5ccc(-c6cccc(-c7nc(-c8ccccc8)nc(-c8ccccc8)n7)c6)c6c5oc5ccccc56)c4)cc23)cc1. The lowest BCUT2D eigenvalue weighted by Gasteiger charge is -2.12. The minimum Gasteiger partial charge on any atom is -0.456 e. The molecule has 75 heavy (non-hydrogen) atoms. The van der Waals surface area contributed by atoms with Gasteiger partial charge in [-0.25, -0.2) is 15.0 Å². The Hall–Kier alpha value is -10.2. The molecule has 0 N–H and O–H groups in total. The van der Waals surface area contributed by atoms with Crippen LogP contribution >= 0.6 is 0 Å². The van der Waals surface area contributed by atoms with Gasteiger partial charge in [0.15, 0.2) is 17.5 Å². The van der Waals surface area contributed by atoms with Gasteiger partial charge >= 0.3 is 0 Å². The molecule has 4 heterocycles. The minimum absolute atomic E-state index is 0.606. The van der Waals surface area contributed by atoms with Crippen LogP contribution in [-0.4, -0.2) is 19.5 Å². The van der Waals surface area contributed by atoms with Gasteiger partial charge in [0.25, 0.3) is 0 Å². The highest BCUT2D eigenvalue weighted by Crippen LogP contribution is 2.44. The summed E-state index contributed by atoms with van der Waals surface area (Å²) in [5, 5.41) is 6.70. The molecular weight excluding hydrogens is 917 g/mol. The second-order valence-electron chi connectivity index (χ2n) is 19.1. The van der Waals surface area contributed by atoms with Crippen molar-refractivity contribution in [2.45, 2.75) is 0 Å². The van der Waals surface area contributed by atoms with Crippen LogP contribution < -0.4 is 0 Å². The van der Waals surface area contributed by atoms with E-state index in [9.17, 15) is 0 Å². The fourth-order valence-electron chi connectivity index (χ4n) is 11.1. The molecule has 15 aromatic rings. The summed E-state index contributed by atoms with van der Waals surface area (Å²) < 4.78 is 15.8. The van der Waals surface area contributed by atoms with Crippen molar-refractivity contribution in [3.05, 3.63) is 255 Å². The van der Waals surface area contributed by atoms with Gasteiger partial charge in [-0.3, -0.25) is 0 Å². The maximum absolute atomic E-state index is 6.85. The van der Waals surface area contributed by atoms with Crippen molar-refractivity contribution in [3.8, 4) is 84.4 Å². The zero-order valence-electron chi connectivity index (χ0n) is 40.4. The number of hydrogen-bond donors (Lipinski definition) is 0. The first-order valence-electron chi connectivity index (χ1n) is 25.2. The minimum atomic E-state index is 0.606. The number of rotatable bonds is 8. The first kappa shape index (κ1) is 42.5. The van der Waals surface area contributed by atoms with E-state index in [1.807, 2.05) is 66.7 Å². The van der Waals surface area contributed by atoms with Crippen LogP contribution in [-0.2, 0) is 0 Å². The summed E-state index contributed by atoms with van der Waals surface area (Å²) in [7, 11) is 0. The highest BCUT2D eigenvalue weighted by Gasteiger charge is 2.21. The van der Waals surface area contributed by atoms with Crippen LogP contribution in [0.3, 0.4) is 0 Å². The molecular formula is C69H42N4O2. The molecule has 6 nitrogen and oxygen atoms in total. The van der Waals surface area contributed by atoms with Crippen LogP contribution in [0.15, 0.2) is 264 Å². The lowest BCUT2D eigenvalue weighted by Crippen LogP contribution is -2.00. The number of nitrogens with zero attached hydrogens (tertiary/aromatic N) is 4. The molecule has 0 fully saturated rings. The van der Waals surface area contributed by atoms with Gasteiger partial charge in [0, 0.05) is 66.3 Å². The third-order valence-electron chi connectivity index (χ3n) is 14.7. The van der Waals surface area contributed by atoms with E-state index in [2.05, 4.69) is 193 Å². The predicted octanol–water partition coefficient (Wildman–Crippen LogP) is 18.4. The van der Waals surface area contributed by atoms with E-state index in [-0.39, 0.29) is 0 Å².